The number of aryl methyl sites for hydroxylation is 2. The van der Waals surface area contributed by atoms with Crippen LogP contribution in [-0.2, 0) is 6.54 Å². The molecule has 0 radical (unpaired) electrons. The molecule has 0 aliphatic carbocycles. The van der Waals surface area contributed by atoms with E-state index in [9.17, 15) is 0 Å². The Hall–Kier alpha value is -0.410. The highest BCUT2D eigenvalue weighted by Crippen LogP contribution is 2.21. The molecule has 1 atom stereocenters. The Morgan fingerprint density at radius 1 is 1.27 bits per heavy atom. The maximum atomic E-state index is 4.59. The third-order valence-corrected chi connectivity index (χ3v) is 6.31. The maximum absolute atomic E-state index is 4.59. The lowest BCUT2D eigenvalue weighted by molar-refractivity contribution is 0.110. The van der Waals surface area contributed by atoms with Crippen molar-refractivity contribution in [3.63, 3.8) is 0 Å². The van der Waals surface area contributed by atoms with Gasteiger partial charge in [-0.15, -0.1) is 35.3 Å². The summed E-state index contributed by atoms with van der Waals surface area (Å²) in [6.45, 7) is 15.3. The van der Waals surface area contributed by atoms with Gasteiger partial charge >= 0.3 is 0 Å². The van der Waals surface area contributed by atoms with Gasteiger partial charge < -0.3 is 10.6 Å². The van der Waals surface area contributed by atoms with Gasteiger partial charge in [0.25, 0.3) is 0 Å². The molecule has 1 fully saturated rings. The first-order valence-corrected chi connectivity index (χ1v) is 10.3. The molecule has 0 saturated carbocycles. The summed E-state index contributed by atoms with van der Waals surface area (Å²) in [6, 6.07) is 0.551. The van der Waals surface area contributed by atoms with Crippen LogP contribution >= 0.6 is 35.3 Å². The number of hydrogen-bond donors (Lipinski definition) is 2. The van der Waals surface area contributed by atoms with E-state index in [1.807, 2.05) is 7.05 Å². The first-order valence-electron chi connectivity index (χ1n) is 9.52. The van der Waals surface area contributed by atoms with Crippen LogP contribution in [0.15, 0.2) is 4.99 Å². The summed E-state index contributed by atoms with van der Waals surface area (Å²) in [6.07, 6.45) is 2.64. The third kappa shape index (κ3) is 6.96. The average Bonchev–Trinajstić information content (AvgIpc) is 2.90. The minimum atomic E-state index is 0. The van der Waals surface area contributed by atoms with Gasteiger partial charge in [-0.2, -0.15) is 0 Å². The number of likely N-dealkylation sites (tertiary alicyclic amines) is 1. The monoisotopic (exact) mass is 493 g/mol. The summed E-state index contributed by atoms with van der Waals surface area (Å²) in [5.74, 6) is 2.36. The molecule has 2 heterocycles. The molecule has 5 nitrogen and oxygen atoms in total. The molecule has 2 N–H and O–H groups in total. The molecule has 1 aromatic rings. The van der Waals surface area contributed by atoms with Crippen LogP contribution in [0.4, 0.5) is 0 Å². The lowest BCUT2D eigenvalue weighted by atomic mass is 9.94. The topological polar surface area (TPSA) is 52.6 Å². The predicted octanol–water partition coefficient (Wildman–Crippen LogP) is 3.80. The van der Waals surface area contributed by atoms with Gasteiger partial charge in [0, 0.05) is 24.5 Å². The number of aromatic nitrogens is 1. The van der Waals surface area contributed by atoms with Crippen molar-refractivity contribution < 1.29 is 0 Å². The normalized spacial score (nSPS) is 17.9. The number of aliphatic imine (C=N–C) groups is 1. The maximum Gasteiger partial charge on any atom is 0.191 e. The van der Waals surface area contributed by atoms with Crippen LogP contribution < -0.4 is 10.6 Å². The molecule has 0 amide bonds. The van der Waals surface area contributed by atoms with Crippen molar-refractivity contribution >= 4 is 41.3 Å². The van der Waals surface area contributed by atoms with Crippen LogP contribution in [0.25, 0.3) is 0 Å². The lowest BCUT2D eigenvalue weighted by Crippen LogP contribution is -2.51. The summed E-state index contributed by atoms with van der Waals surface area (Å²) in [5, 5.41) is 8.04. The molecule has 7 heteroatoms. The number of piperidine rings is 1. The van der Waals surface area contributed by atoms with Crippen molar-refractivity contribution in [2.45, 2.75) is 60.0 Å². The minimum Gasteiger partial charge on any atom is -0.355 e. The number of thiazole rings is 1. The predicted molar refractivity (Wildman–Crippen MR) is 124 cm³/mol. The van der Waals surface area contributed by atoms with E-state index in [0.717, 1.165) is 35.7 Å². The second kappa shape index (κ2) is 11.4. The van der Waals surface area contributed by atoms with Gasteiger partial charge in [0.2, 0.25) is 0 Å². The Balaban J connectivity index is 0.00000338. The highest BCUT2D eigenvalue weighted by atomic mass is 127. The summed E-state index contributed by atoms with van der Waals surface area (Å²) in [7, 11) is 1.83. The highest BCUT2D eigenvalue weighted by molar-refractivity contribution is 14.0. The fourth-order valence-electron chi connectivity index (χ4n) is 3.34. The zero-order valence-corrected chi connectivity index (χ0v) is 20.3. The van der Waals surface area contributed by atoms with E-state index in [2.05, 4.69) is 60.1 Å². The van der Waals surface area contributed by atoms with E-state index in [0.29, 0.717) is 12.0 Å². The molecule has 1 saturated heterocycles. The smallest absolute Gasteiger partial charge is 0.191 e. The van der Waals surface area contributed by atoms with E-state index in [4.69, 9.17) is 0 Å². The Bertz CT molecular complexity index is 545. The van der Waals surface area contributed by atoms with Gasteiger partial charge in [0.1, 0.15) is 5.01 Å². The summed E-state index contributed by atoms with van der Waals surface area (Å²) in [4.78, 5) is 12.9. The minimum absolute atomic E-state index is 0. The van der Waals surface area contributed by atoms with Gasteiger partial charge in [0.15, 0.2) is 5.96 Å². The number of guanidine groups is 1. The van der Waals surface area contributed by atoms with Gasteiger partial charge in [-0.3, -0.25) is 9.89 Å². The van der Waals surface area contributed by atoms with Crippen molar-refractivity contribution in [3.05, 3.63) is 15.6 Å². The van der Waals surface area contributed by atoms with Crippen LogP contribution in [0, 0.1) is 25.7 Å². The molecular weight excluding hydrogens is 457 g/mol. The zero-order chi connectivity index (χ0) is 18.4. The Morgan fingerprint density at radius 2 is 1.92 bits per heavy atom. The molecule has 2 rings (SSSR count). The highest BCUT2D eigenvalue weighted by Gasteiger charge is 2.25. The average molecular weight is 494 g/mol. The van der Waals surface area contributed by atoms with Crippen molar-refractivity contribution in [2.75, 3.05) is 26.7 Å². The molecule has 0 bridgehead atoms. The van der Waals surface area contributed by atoms with Gasteiger partial charge in [-0.05, 0) is 51.6 Å². The molecule has 26 heavy (non-hydrogen) atoms. The number of halogens is 1. The number of nitrogens with zero attached hydrogens (tertiary/aromatic N) is 3. The van der Waals surface area contributed by atoms with Crippen molar-refractivity contribution in [1.29, 1.82) is 0 Å². The van der Waals surface area contributed by atoms with E-state index in [-0.39, 0.29) is 24.0 Å². The molecule has 0 aromatic carbocycles. The largest absolute Gasteiger partial charge is 0.355 e. The number of hydrogen-bond acceptors (Lipinski definition) is 4. The summed E-state index contributed by atoms with van der Waals surface area (Å²) < 4.78 is 0. The lowest BCUT2D eigenvalue weighted by Gasteiger charge is -2.39. The van der Waals surface area contributed by atoms with Gasteiger partial charge in [-0.1, -0.05) is 20.8 Å². The molecule has 0 spiro atoms. The van der Waals surface area contributed by atoms with Crippen molar-refractivity contribution in [3.8, 4) is 0 Å². The van der Waals surface area contributed by atoms with Crippen molar-refractivity contribution in [2.24, 2.45) is 16.8 Å². The van der Waals surface area contributed by atoms with E-state index in [1.54, 1.807) is 11.3 Å². The second-order valence-electron chi connectivity index (χ2n) is 7.59. The zero-order valence-electron chi connectivity index (χ0n) is 17.1. The number of nitrogens with one attached hydrogen (secondary N) is 2. The first kappa shape index (κ1) is 23.6. The van der Waals surface area contributed by atoms with Gasteiger partial charge in [-0.25, -0.2) is 4.98 Å². The fourth-order valence-corrected chi connectivity index (χ4v) is 4.22. The quantitative estimate of drug-likeness (QED) is 0.360. The molecular formula is C19H36IN5S. The fraction of sp³-hybridized carbons (Fsp3) is 0.789. The summed E-state index contributed by atoms with van der Waals surface area (Å²) >= 11 is 1.75. The molecule has 1 aliphatic heterocycles. The molecule has 1 aliphatic rings. The Labute approximate surface area is 180 Å². The van der Waals surface area contributed by atoms with Crippen LogP contribution in [0.1, 0.15) is 49.2 Å². The Kier molecular flexibility index (Phi) is 10.4. The molecule has 1 aromatic heterocycles. The Morgan fingerprint density at radius 3 is 2.42 bits per heavy atom. The molecule has 1 unspecified atom stereocenters. The van der Waals surface area contributed by atoms with Crippen molar-refractivity contribution in [1.82, 2.24) is 20.5 Å². The third-order valence-electron chi connectivity index (χ3n) is 5.24. The van der Waals surface area contributed by atoms with Crippen LogP contribution in [0.5, 0.6) is 0 Å². The van der Waals surface area contributed by atoms with Crippen LogP contribution in [0.2, 0.25) is 0 Å². The van der Waals surface area contributed by atoms with E-state index >= 15 is 0 Å². The van der Waals surface area contributed by atoms with Crippen LogP contribution in [-0.4, -0.2) is 48.6 Å². The van der Waals surface area contributed by atoms with Gasteiger partial charge in [0.05, 0.1) is 12.2 Å². The van der Waals surface area contributed by atoms with E-state index < -0.39 is 0 Å². The van der Waals surface area contributed by atoms with E-state index in [1.165, 1.54) is 30.8 Å². The SMILES string of the molecule is CN=C(NCc1nc(C)c(C)s1)NCC(C(C)C)N1CCC(C)CC1.I. The number of rotatable bonds is 6. The van der Waals surface area contributed by atoms with Crippen LogP contribution in [0.3, 0.4) is 0 Å². The standard InChI is InChI=1S/C19H35N5S.HI/c1-13(2)17(24-9-7-14(3)8-10-24)11-21-19(20-6)22-12-18-23-15(4)16(5)25-18;/h13-14,17H,7-12H2,1-6H3,(H2,20,21,22);1H. The molecule has 150 valence electrons. The second-order valence-corrected chi connectivity index (χ2v) is 8.87. The first-order chi connectivity index (χ1) is 11.9. The summed E-state index contributed by atoms with van der Waals surface area (Å²) in [5.41, 5.74) is 1.13.